The van der Waals surface area contributed by atoms with E-state index in [4.69, 9.17) is 4.74 Å². The molecule has 1 aliphatic rings. The van der Waals surface area contributed by atoms with Crippen LogP contribution in [0.1, 0.15) is 42.3 Å². The van der Waals surface area contributed by atoms with Crippen molar-refractivity contribution in [3.05, 3.63) is 71.5 Å². The van der Waals surface area contributed by atoms with Crippen molar-refractivity contribution in [2.75, 3.05) is 45.9 Å². The lowest BCUT2D eigenvalue weighted by molar-refractivity contribution is 0.000654. The molecule has 0 radical (unpaired) electrons. The van der Waals surface area contributed by atoms with Gasteiger partial charge in [0.2, 0.25) is 0 Å². The van der Waals surface area contributed by atoms with E-state index in [9.17, 15) is 9.18 Å². The number of carbonyl (C=O) groups excluding carboxylic acids is 1. The summed E-state index contributed by atoms with van der Waals surface area (Å²) in [4.78, 5) is 17.1. The highest BCUT2D eigenvalue weighted by atomic mass is 35.5. The largest absolute Gasteiger partial charge is 0.372 e. The standard InChI is InChI=1S/C25H33FN2O2.2ClH/c1-20(2)19-30-25(22-6-4-3-5-7-22)18-28-16-14-27(15-17-28)13-12-24(29)21-8-10-23(26)11-9-21;;/h3-11,20,25H,12-19H2,1-2H3;2*1H. The van der Waals surface area contributed by atoms with Crippen LogP contribution in [-0.2, 0) is 4.74 Å². The van der Waals surface area contributed by atoms with E-state index in [1.807, 2.05) is 6.07 Å². The first-order chi connectivity index (χ1) is 14.5. The molecule has 0 saturated carbocycles. The molecule has 0 bridgehead atoms. The maximum absolute atomic E-state index is 13.0. The van der Waals surface area contributed by atoms with Crippen LogP contribution in [0.4, 0.5) is 4.39 Å². The van der Waals surface area contributed by atoms with E-state index < -0.39 is 0 Å². The first kappa shape index (κ1) is 28.5. The first-order valence-electron chi connectivity index (χ1n) is 10.9. The molecule has 1 unspecified atom stereocenters. The molecule has 178 valence electrons. The van der Waals surface area contributed by atoms with E-state index in [2.05, 4.69) is 47.9 Å². The van der Waals surface area contributed by atoms with E-state index in [0.29, 0.717) is 17.9 Å². The number of benzene rings is 2. The summed E-state index contributed by atoms with van der Waals surface area (Å²) in [6, 6.07) is 16.3. The van der Waals surface area contributed by atoms with Gasteiger partial charge in [0.1, 0.15) is 5.82 Å². The lowest BCUT2D eigenvalue weighted by Crippen LogP contribution is -2.48. The van der Waals surface area contributed by atoms with Gasteiger partial charge in [-0.15, -0.1) is 24.8 Å². The number of nitrogens with zero attached hydrogens (tertiary/aromatic N) is 2. The lowest BCUT2D eigenvalue weighted by atomic mass is 10.1. The summed E-state index contributed by atoms with van der Waals surface area (Å²) < 4.78 is 19.2. The lowest BCUT2D eigenvalue weighted by Gasteiger charge is -2.36. The average Bonchev–Trinajstić information content (AvgIpc) is 2.76. The molecule has 3 rings (SSSR count). The van der Waals surface area contributed by atoms with Crippen molar-refractivity contribution >= 4 is 30.6 Å². The third kappa shape index (κ3) is 9.16. The summed E-state index contributed by atoms with van der Waals surface area (Å²) in [5.74, 6) is 0.268. The van der Waals surface area contributed by atoms with Crippen LogP contribution in [0, 0.1) is 11.7 Å². The van der Waals surface area contributed by atoms with E-state index in [1.165, 1.54) is 17.7 Å². The molecule has 0 N–H and O–H groups in total. The van der Waals surface area contributed by atoms with Crippen LogP contribution in [0.15, 0.2) is 54.6 Å². The monoisotopic (exact) mass is 484 g/mol. The molecule has 1 heterocycles. The molecule has 0 amide bonds. The number of ether oxygens (including phenoxy) is 1. The van der Waals surface area contributed by atoms with Crippen LogP contribution in [0.25, 0.3) is 0 Å². The molecule has 4 nitrogen and oxygen atoms in total. The van der Waals surface area contributed by atoms with Crippen LogP contribution in [0.2, 0.25) is 0 Å². The van der Waals surface area contributed by atoms with Crippen LogP contribution >= 0.6 is 24.8 Å². The smallest absolute Gasteiger partial charge is 0.164 e. The Bertz CT molecular complexity index is 782. The maximum Gasteiger partial charge on any atom is 0.164 e. The zero-order valence-corrected chi connectivity index (χ0v) is 20.5. The van der Waals surface area contributed by atoms with Gasteiger partial charge in [-0.3, -0.25) is 9.69 Å². The Morgan fingerprint density at radius 2 is 1.53 bits per heavy atom. The van der Waals surface area contributed by atoms with Crippen LogP contribution < -0.4 is 0 Å². The van der Waals surface area contributed by atoms with Gasteiger partial charge in [-0.1, -0.05) is 44.2 Å². The Kier molecular flexibility index (Phi) is 13.0. The Hall–Kier alpha value is -1.50. The molecular weight excluding hydrogens is 450 g/mol. The Labute approximate surface area is 203 Å². The second kappa shape index (κ2) is 14.6. The van der Waals surface area contributed by atoms with Gasteiger partial charge in [0.05, 0.1) is 6.10 Å². The minimum atomic E-state index is -0.311. The highest BCUT2D eigenvalue weighted by Gasteiger charge is 2.22. The summed E-state index contributed by atoms with van der Waals surface area (Å²) in [7, 11) is 0. The number of halogens is 3. The molecule has 2 aromatic carbocycles. The number of carbonyl (C=O) groups is 1. The Morgan fingerprint density at radius 1 is 0.938 bits per heavy atom. The van der Waals surface area contributed by atoms with E-state index in [0.717, 1.165) is 45.9 Å². The molecule has 32 heavy (non-hydrogen) atoms. The van der Waals surface area contributed by atoms with Crippen molar-refractivity contribution in [2.45, 2.75) is 26.4 Å². The van der Waals surface area contributed by atoms with Gasteiger partial charge in [-0.05, 0) is 35.7 Å². The number of hydrogen-bond acceptors (Lipinski definition) is 4. The fraction of sp³-hybridized carbons (Fsp3) is 0.480. The third-order valence-corrected chi connectivity index (χ3v) is 5.51. The molecule has 0 aromatic heterocycles. The Morgan fingerprint density at radius 3 is 2.12 bits per heavy atom. The van der Waals surface area contributed by atoms with Crippen LogP contribution in [-0.4, -0.2) is 61.5 Å². The first-order valence-corrected chi connectivity index (χ1v) is 10.9. The SMILES string of the molecule is CC(C)COC(CN1CCN(CCC(=O)c2ccc(F)cc2)CC1)c1ccccc1.Cl.Cl. The highest BCUT2D eigenvalue weighted by Crippen LogP contribution is 2.20. The van der Waals surface area contributed by atoms with Crippen LogP contribution in [0.5, 0.6) is 0 Å². The number of rotatable bonds is 10. The van der Waals surface area contributed by atoms with E-state index in [1.54, 1.807) is 12.1 Å². The van der Waals surface area contributed by atoms with Crippen molar-refractivity contribution < 1.29 is 13.9 Å². The normalized spacial score (nSPS) is 15.6. The number of piperazine rings is 1. The van der Waals surface area contributed by atoms with E-state index in [-0.39, 0.29) is 42.5 Å². The summed E-state index contributed by atoms with van der Waals surface area (Å²) in [6.45, 7) is 10.6. The number of Topliss-reactive ketones (excluding diaryl/α,β-unsaturated/α-hetero) is 1. The van der Waals surface area contributed by atoms with Crippen molar-refractivity contribution in [1.82, 2.24) is 9.80 Å². The molecule has 0 spiro atoms. The van der Waals surface area contributed by atoms with E-state index >= 15 is 0 Å². The summed E-state index contributed by atoms with van der Waals surface area (Å²) in [6.07, 6.45) is 0.552. The summed E-state index contributed by atoms with van der Waals surface area (Å²) in [5.41, 5.74) is 1.81. The van der Waals surface area contributed by atoms with Crippen molar-refractivity contribution in [3.8, 4) is 0 Å². The van der Waals surface area contributed by atoms with Crippen LogP contribution in [0.3, 0.4) is 0 Å². The third-order valence-electron chi connectivity index (χ3n) is 5.51. The molecule has 2 aromatic rings. The average molecular weight is 485 g/mol. The van der Waals surface area contributed by atoms with Gasteiger partial charge in [-0.2, -0.15) is 0 Å². The van der Waals surface area contributed by atoms with Crippen molar-refractivity contribution in [3.63, 3.8) is 0 Å². The summed E-state index contributed by atoms with van der Waals surface area (Å²) in [5, 5.41) is 0. The topological polar surface area (TPSA) is 32.8 Å². The molecular formula is C25H35Cl2FN2O2. The second-order valence-corrected chi connectivity index (χ2v) is 8.45. The maximum atomic E-state index is 13.0. The highest BCUT2D eigenvalue weighted by molar-refractivity contribution is 5.96. The predicted molar refractivity (Wildman–Crippen MR) is 133 cm³/mol. The molecule has 1 saturated heterocycles. The zero-order valence-electron chi connectivity index (χ0n) is 18.9. The van der Waals surface area contributed by atoms with Gasteiger partial charge in [0, 0.05) is 57.9 Å². The predicted octanol–water partition coefficient (Wildman–Crippen LogP) is 5.27. The number of hydrogen-bond donors (Lipinski definition) is 0. The van der Waals surface area contributed by atoms with Gasteiger partial charge >= 0.3 is 0 Å². The van der Waals surface area contributed by atoms with Crippen molar-refractivity contribution in [1.29, 1.82) is 0 Å². The molecule has 0 aliphatic carbocycles. The van der Waals surface area contributed by atoms with Crippen molar-refractivity contribution in [2.24, 2.45) is 5.92 Å². The van der Waals surface area contributed by atoms with Gasteiger partial charge in [0.15, 0.2) is 5.78 Å². The minimum absolute atomic E-state index is 0. The van der Waals surface area contributed by atoms with Gasteiger partial charge < -0.3 is 9.64 Å². The number of ketones is 1. The quantitative estimate of drug-likeness (QED) is 0.429. The zero-order chi connectivity index (χ0) is 21.3. The van der Waals surface area contributed by atoms with Gasteiger partial charge in [0.25, 0.3) is 0 Å². The fourth-order valence-electron chi connectivity index (χ4n) is 3.70. The fourth-order valence-corrected chi connectivity index (χ4v) is 3.70. The second-order valence-electron chi connectivity index (χ2n) is 8.45. The minimum Gasteiger partial charge on any atom is -0.372 e. The summed E-state index contributed by atoms with van der Waals surface area (Å²) >= 11 is 0. The molecule has 1 fully saturated rings. The Balaban J connectivity index is 0.00000256. The molecule has 7 heteroatoms. The molecule has 1 atom stereocenters. The van der Waals surface area contributed by atoms with Gasteiger partial charge in [-0.25, -0.2) is 4.39 Å². The molecule has 1 aliphatic heterocycles.